The normalized spacial score (nSPS) is 10.4. The van der Waals surface area contributed by atoms with Crippen LogP contribution in [0.4, 0.5) is 0 Å². The maximum Gasteiger partial charge on any atom is 0.337 e. The minimum atomic E-state index is -0.346. The smallest absolute Gasteiger partial charge is 0.337 e. The Morgan fingerprint density at radius 2 is 1.94 bits per heavy atom. The van der Waals surface area contributed by atoms with E-state index in [2.05, 4.69) is 16.6 Å². The Morgan fingerprint density at radius 3 is 2.38 bits per heavy atom. The van der Waals surface area contributed by atoms with Gasteiger partial charge in [-0.3, -0.25) is 0 Å². The second-order valence-electron chi connectivity index (χ2n) is 3.13. The predicted octanol–water partition coefficient (Wildman–Crippen LogP) is 1.59. The number of benzene rings is 1. The third-order valence-electron chi connectivity index (χ3n) is 1.75. The summed E-state index contributed by atoms with van der Waals surface area (Å²) in [5, 5.41) is 0. The molecule has 3 nitrogen and oxygen atoms in total. The van der Waals surface area contributed by atoms with Gasteiger partial charge >= 0.3 is 5.97 Å². The van der Waals surface area contributed by atoms with Gasteiger partial charge in [-0.15, -0.1) is 12.4 Å². The van der Waals surface area contributed by atoms with Crippen molar-refractivity contribution in [2.24, 2.45) is 5.73 Å². The molecule has 0 aliphatic carbocycles. The molecule has 0 spiro atoms. The van der Waals surface area contributed by atoms with Crippen LogP contribution >= 0.6 is 12.4 Å². The van der Waals surface area contributed by atoms with Crippen LogP contribution < -0.4 is 5.73 Å². The second kappa shape index (κ2) is 6.89. The Morgan fingerprint density at radius 1 is 1.38 bits per heavy atom. The molecular weight excluding hydrogens is 226 g/mol. The minimum Gasteiger partial charge on any atom is -0.465 e. The molecule has 1 rings (SSSR count). The van der Waals surface area contributed by atoms with Crippen LogP contribution in [0.5, 0.6) is 0 Å². The van der Waals surface area contributed by atoms with Crippen LogP contribution in [0.1, 0.15) is 22.8 Å². The van der Waals surface area contributed by atoms with Crippen LogP contribution in [0, 0.1) is 11.8 Å². The average Bonchev–Trinajstić information content (AvgIpc) is 2.26. The quantitative estimate of drug-likeness (QED) is 0.598. The minimum absolute atomic E-state index is 0. The summed E-state index contributed by atoms with van der Waals surface area (Å²) in [4.78, 5) is 11.1. The average molecular weight is 240 g/mol. The molecule has 1 aromatic rings. The van der Waals surface area contributed by atoms with Gasteiger partial charge in [0.25, 0.3) is 0 Å². The molecule has 0 radical (unpaired) electrons. The summed E-state index contributed by atoms with van der Waals surface area (Å²) in [6.45, 7) is 1.82. The summed E-state index contributed by atoms with van der Waals surface area (Å²) >= 11 is 0. The van der Waals surface area contributed by atoms with Gasteiger partial charge in [0, 0.05) is 5.56 Å². The van der Waals surface area contributed by atoms with Crippen molar-refractivity contribution < 1.29 is 9.53 Å². The molecule has 16 heavy (non-hydrogen) atoms. The highest BCUT2D eigenvalue weighted by molar-refractivity contribution is 5.89. The molecule has 0 bridgehead atoms. The molecule has 1 unspecified atom stereocenters. The van der Waals surface area contributed by atoms with E-state index in [1.807, 2.05) is 6.92 Å². The van der Waals surface area contributed by atoms with Gasteiger partial charge in [-0.1, -0.05) is 11.8 Å². The number of carbonyl (C=O) groups excluding carboxylic acids is 1. The van der Waals surface area contributed by atoms with Crippen molar-refractivity contribution in [1.82, 2.24) is 0 Å². The van der Waals surface area contributed by atoms with Crippen LogP contribution in [0.2, 0.25) is 0 Å². The predicted molar refractivity (Wildman–Crippen MR) is 65.6 cm³/mol. The molecular formula is C12H14ClNO2. The van der Waals surface area contributed by atoms with Gasteiger partial charge in [0.15, 0.2) is 0 Å². The molecule has 86 valence electrons. The van der Waals surface area contributed by atoms with Crippen molar-refractivity contribution in [1.29, 1.82) is 0 Å². The molecule has 0 fully saturated rings. The highest BCUT2D eigenvalue weighted by Crippen LogP contribution is 2.04. The molecule has 0 heterocycles. The molecule has 0 aliphatic heterocycles. The van der Waals surface area contributed by atoms with E-state index in [0.29, 0.717) is 5.56 Å². The van der Waals surface area contributed by atoms with Gasteiger partial charge in [0.1, 0.15) is 0 Å². The first-order valence-electron chi connectivity index (χ1n) is 4.59. The van der Waals surface area contributed by atoms with Crippen LogP contribution in [-0.4, -0.2) is 19.1 Å². The number of nitrogens with two attached hydrogens (primary N) is 1. The van der Waals surface area contributed by atoms with E-state index >= 15 is 0 Å². The van der Waals surface area contributed by atoms with E-state index in [1.165, 1.54) is 7.11 Å². The number of esters is 1. The van der Waals surface area contributed by atoms with Crippen molar-refractivity contribution in [3.8, 4) is 11.8 Å². The van der Waals surface area contributed by atoms with E-state index in [0.717, 1.165) is 5.56 Å². The lowest BCUT2D eigenvalue weighted by Gasteiger charge is -1.98. The SMILES string of the molecule is COC(=O)c1ccc(C#CC(C)N)cc1.Cl. The first kappa shape index (κ1) is 14.5. The van der Waals surface area contributed by atoms with Gasteiger partial charge in [-0.2, -0.15) is 0 Å². The van der Waals surface area contributed by atoms with Crippen molar-refractivity contribution >= 4 is 18.4 Å². The fourth-order valence-electron chi connectivity index (χ4n) is 1.00. The molecule has 0 saturated heterocycles. The number of methoxy groups -OCH3 is 1. The van der Waals surface area contributed by atoms with Crippen LogP contribution in [-0.2, 0) is 4.74 Å². The molecule has 0 aliphatic rings. The van der Waals surface area contributed by atoms with Crippen molar-refractivity contribution in [2.75, 3.05) is 7.11 Å². The summed E-state index contributed by atoms with van der Waals surface area (Å²) < 4.78 is 4.58. The Labute approximate surface area is 101 Å². The first-order valence-corrected chi connectivity index (χ1v) is 4.59. The Bertz CT molecular complexity index is 401. The van der Waals surface area contributed by atoms with Gasteiger partial charge in [-0.05, 0) is 31.2 Å². The van der Waals surface area contributed by atoms with E-state index in [-0.39, 0.29) is 24.4 Å². The lowest BCUT2D eigenvalue weighted by molar-refractivity contribution is 0.0601. The van der Waals surface area contributed by atoms with Gasteiger partial charge in [0.2, 0.25) is 0 Å². The van der Waals surface area contributed by atoms with E-state index < -0.39 is 0 Å². The topological polar surface area (TPSA) is 52.3 Å². The number of carbonyl (C=O) groups is 1. The number of halogens is 1. The summed E-state index contributed by atoms with van der Waals surface area (Å²) in [5.41, 5.74) is 6.84. The Balaban J connectivity index is 0.00000225. The van der Waals surface area contributed by atoms with Gasteiger partial charge < -0.3 is 10.5 Å². The molecule has 1 aromatic carbocycles. The molecule has 2 N–H and O–H groups in total. The Kier molecular flexibility index (Phi) is 6.24. The van der Waals surface area contributed by atoms with Crippen molar-refractivity contribution in [3.63, 3.8) is 0 Å². The third kappa shape index (κ3) is 4.35. The molecule has 1 atom stereocenters. The zero-order valence-electron chi connectivity index (χ0n) is 9.19. The maximum atomic E-state index is 11.1. The van der Waals surface area contributed by atoms with Crippen LogP contribution in [0.25, 0.3) is 0 Å². The molecule has 0 saturated carbocycles. The maximum absolute atomic E-state index is 11.1. The summed E-state index contributed by atoms with van der Waals surface area (Å²) in [6, 6.07) is 6.74. The monoisotopic (exact) mass is 239 g/mol. The summed E-state index contributed by atoms with van der Waals surface area (Å²) in [7, 11) is 1.35. The Hall–Kier alpha value is -1.50. The van der Waals surface area contributed by atoms with Crippen LogP contribution in [0.15, 0.2) is 24.3 Å². The molecule has 4 heteroatoms. The molecule has 0 amide bonds. The fourth-order valence-corrected chi connectivity index (χ4v) is 1.00. The fraction of sp³-hybridized carbons (Fsp3) is 0.250. The highest BCUT2D eigenvalue weighted by atomic mass is 35.5. The number of rotatable bonds is 1. The third-order valence-corrected chi connectivity index (χ3v) is 1.75. The lowest BCUT2D eigenvalue weighted by atomic mass is 10.1. The van der Waals surface area contributed by atoms with E-state index in [1.54, 1.807) is 24.3 Å². The first-order chi connectivity index (χ1) is 7.13. The lowest BCUT2D eigenvalue weighted by Crippen LogP contribution is -2.10. The zero-order valence-corrected chi connectivity index (χ0v) is 10.0. The summed E-state index contributed by atoms with van der Waals surface area (Å²) in [5.74, 6) is 5.39. The number of hydrogen-bond acceptors (Lipinski definition) is 3. The van der Waals surface area contributed by atoms with Crippen molar-refractivity contribution in [2.45, 2.75) is 13.0 Å². The number of hydrogen-bond donors (Lipinski definition) is 1. The standard InChI is InChI=1S/C12H13NO2.ClH/c1-9(13)3-4-10-5-7-11(8-6-10)12(14)15-2;/h5-9H,13H2,1-2H3;1H. The van der Waals surface area contributed by atoms with Crippen molar-refractivity contribution in [3.05, 3.63) is 35.4 Å². The molecule has 0 aromatic heterocycles. The zero-order chi connectivity index (χ0) is 11.3. The second-order valence-corrected chi connectivity index (χ2v) is 3.13. The van der Waals surface area contributed by atoms with E-state index in [4.69, 9.17) is 5.73 Å². The number of ether oxygens (including phenoxy) is 1. The van der Waals surface area contributed by atoms with E-state index in [9.17, 15) is 4.79 Å². The summed E-state index contributed by atoms with van der Waals surface area (Å²) in [6.07, 6.45) is 0. The largest absolute Gasteiger partial charge is 0.465 e. The van der Waals surface area contributed by atoms with Gasteiger partial charge in [0.05, 0.1) is 18.7 Å². The van der Waals surface area contributed by atoms with Crippen LogP contribution in [0.3, 0.4) is 0 Å². The van der Waals surface area contributed by atoms with Gasteiger partial charge in [-0.25, -0.2) is 4.79 Å². The highest BCUT2D eigenvalue weighted by Gasteiger charge is 2.02.